The van der Waals surface area contributed by atoms with E-state index in [1.165, 1.54) is 6.92 Å². The molecule has 1 N–H and O–H groups in total. The molecule has 1 unspecified atom stereocenters. The van der Waals surface area contributed by atoms with Crippen molar-refractivity contribution in [2.45, 2.75) is 26.8 Å². The smallest absolute Gasteiger partial charge is 0.320 e. The van der Waals surface area contributed by atoms with Crippen LogP contribution in [0.1, 0.15) is 20.8 Å². The first-order valence-electron chi connectivity index (χ1n) is 7.49. The van der Waals surface area contributed by atoms with Crippen molar-refractivity contribution in [2.24, 2.45) is 0 Å². The van der Waals surface area contributed by atoms with Crippen LogP contribution in [0.5, 0.6) is 0 Å². The van der Waals surface area contributed by atoms with Crippen LogP contribution >= 0.6 is 0 Å². The molecule has 0 aromatic rings. The first-order valence-corrected chi connectivity index (χ1v) is 9.38. The highest BCUT2D eigenvalue weighted by molar-refractivity contribution is 7.88. The summed E-state index contributed by atoms with van der Waals surface area (Å²) in [4.78, 5) is 29.5. The maximum atomic E-state index is 12.2. The average Bonchev–Trinajstić information content (AvgIpc) is 2.46. The summed E-state index contributed by atoms with van der Waals surface area (Å²) in [6, 6.07) is -0.806. The van der Waals surface area contributed by atoms with Crippen molar-refractivity contribution in [2.75, 3.05) is 45.5 Å². The van der Waals surface area contributed by atoms with Crippen molar-refractivity contribution < 1.29 is 18.0 Å². The number of carbonyl (C=O) groups excluding carboxylic acids is 2. The number of urea groups is 1. The second kappa shape index (κ2) is 7.77. The molecule has 1 saturated heterocycles. The lowest BCUT2D eigenvalue weighted by Gasteiger charge is -2.38. The van der Waals surface area contributed by atoms with E-state index in [1.54, 1.807) is 14.7 Å². The van der Waals surface area contributed by atoms with E-state index in [2.05, 4.69) is 4.72 Å². The second-order valence-corrected chi connectivity index (χ2v) is 7.16. The lowest BCUT2D eigenvalue weighted by atomic mass is 10.2. The summed E-state index contributed by atoms with van der Waals surface area (Å²) in [5.74, 6) is -0.264. The van der Waals surface area contributed by atoms with E-state index in [0.29, 0.717) is 39.3 Å². The Hall–Kier alpha value is -1.35. The fourth-order valence-electron chi connectivity index (χ4n) is 2.46. The highest BCUT2D eigenvalue weighted by Crippen LogP contribution is 2.07. The van der Waals surface area contributed by atoms with Crippen LogP contribution in [-0.4, -0.2) is 86.6 Å². The first kappa shape index (κ1) is 18.7. The zero-order valence-electron chi connectivity index (χ0n) is 13.7. The monoisotopic (exact) mass is 334 g/mol. The van der Waals surface area contributed by atoms with Crippen molar-refractivity contribution in [1.82, 2.24) is 19.4 Å². The Balaban J connectivity index is 2.54. The van der Waals surface area contributed by atoms with Gasteiger partial charge in [-0.3, -0.25) is 4.79 Å². The number of piperazine rings is 1. The number of sulfonamides is 1. The number of amides is 3. The van der Waals surface area contributed by atoms with Crippen LogP contribution in [0.15, 0.2) is 0 Å². The van der Waals surface area contributed by atoms with Gasteiger partial charge in [-0.1, -0.05) is 0 Å². The van der Waals surface area contributed by atoms with Crippen molar-refractivity contribution in [3.05, 3.63) is 0 Å². The maximum Gasteiger partial charge on any atom is 0.320 e. The third kappa shape index (κ3) is 5.13. The summed E-state index contributed by atoms with van der Waals surface area (Å²) in [5, 5.41) is 0. The van der Waals surface area contributed by atoms with Gasteiger partial charge in [0.25, 0.3) is 0 Å². The standard InChI is InChI=1S/C13H26N4O4S/c1-5-15(6-2)13(19)17-9-7-16(8-10-17)12(18)11(3)14-22(4,20)21/h11,14H,5-10H2,1-4H3. The molecular weight excluding hydrogens is 308 g/mol. The van der Waals surface area contributed by atoms with Crippen LogP contribution in [0.25, 0.3) is 0 Å². The molecule has 1 rings (SSSR count). The maximum absolute atomic E-state index is 12.2. The minimum Gasteiger partial charge on any atom is -0.338 e. The van der Waals surface area contributed by atoms with Gasteiger partial charge in [0.2, 0.25) is 15.9 Å². The molecule has 1 heterocycles. The van der Waals surface area contributed by atoms with Crippen molar-refractivity contribution in [3.8, 4) is 0 Å². The van der Waals surface area contributed by atoms with Gasteiger partial charge >= 0.3 is 6.03 Å². The average molecular weight is 334 g/mol. The Labute approximate surface area is 132 Å². The molecule has 128 valence electrons. The van der Waals surface area contributed by atoms with Crippen LogP contribution in [0.4, 0.5) is 4.79 Å². The van der Waals surface area contributed by atoms with Crippen LogP contribution in [-0.2, 0) is 14.8 Å². The van der Waals surface area contributed by atoms with Gasteiger partial charge in [-0.25, -0.2) is 17.9 Å². The van der Waals surface area contributed by atoms with E-state index in [0.717, 1.165) is 6.26 Å². The number of nitrogens with one attached hydrogen (secondary N) is 1. The van der Waals surface area contributed by atoms with E-state index in [-0.39, 0.29) is 11.9 Å². The summed E-state index contributed by atoms with van der Waals surface area (Å²) in [5.41, 5.74) is 0. The Kier molecular flexibility index (Phi) is 6.61. The normalized spacial score (nSPS) is 17.3. The van der Waals surface area contributed by atoms with Gasteiger partial charge < -0.3 is 14.7 Å². The van der Waals surface area contributed by atoms with Gasteiger partial charge in [0.15, 0.2) is 0 Å². The predicted molar refractivity (Wildman–Crippen MR) is 83.9 cm³/mol. The summed E-state index contributed by atoms with van der Waals surface area (Å²) in [6.07, 6.45) is 1.03. The molecule has 0 aromatic carbocycles. The lowest BCUT2D eigenvalue weighted by Crippen LogP contribution is -2.56. The van der Waals surface area contributed by atoms with Crippen molar-refractivity contribution in [3.63, 3.8) is 0 Å². The predicted octanol–water partition coefficient (Wildman–Crippen LogP) is -0.470. The summed E-state index contributed by atoms with van der Waals surface area (Å²) in [7, 11) is -3.42. The van der Waals surface area contributed by atoms with E-state index >= 15 is 0 Å². The molecule has 0 saturated carbocycles. The minimum atomic E-state index is -3.42. The molecule has 0 aromatic heterocycles. The van der Waals surface area contributed by atoms with Gasteiger partial charge in [-0.2, -0.15) is 0 Å². The van der Waals surface area contributed by atoms with Crippen molar-refractivity contribution >= 4 is 22.0 Å². The number of hydrogen-bond acceptors (Lipinski definition) is 4. The highest BCUT2D eigenvalue weighted by Gasteiger charge is 2.29. The van der Waals surface area contributed by atoms with Gasteiger partial charge in [0, 0.05) is 39.3 Å². The van der Waals surface area contributed by atoms with Crippen LogP contribution < -0.4 is 4.72 Å². The minimum absolute atomic E-state index is 0.0144. The molecule has 1 fully saturated rings. The molecule has 8 nitrogen and oxygen atoms in total. The number of carbonyl (C=O) groups is 2. The quantitative estimate of drug-likeness (QED) is 0.736. The van der Waals surface area contributed by atoms with E-state index in [1.807, 2.05) is 13.8 Å². The topological polar surface area (TPSA) is 90.0 Å². The molecule has 0 radical (unpaired) electrons. The Bertz CT molecular complexity index is 496. The fraction of sp³-hybridized carbons (Fsp3) is 0.846. The third-order valence-corrected chi connectivity index (χ3v) is 4.44. The Morgan fingerprint density at radius 1 is 1.09 bits per heavy atom. The molecular formula is C13H26N4O4S. The molecule has 1 aliphatic heterocycles. The SMILES string of the molecule is CCN(CC)C(=O)N1CCN(C(=O)C(C)NS(C)(=O)=O)CC1. The second-order valence-electron chi connectivity index (χ2n) is 5.38. The molecule has 1 aliphatic rings. The largest absolute Gasteiger partial charge is 0.338 e. The zero-order chi connectivity index (χ0) is 16.9. The summed E-state index contributed by atoms with van der Waals surface area (Å²) in [6.45, 7) is 8.46. The molecule has 3 amide bonds. The summed E-state index contributed by atoms with van der Waals surface area (Å²) < 4.78 is 24.6. The Morgan fingerprint density at radius 2 is 1.55 bits per heavy atom. The van der Waals surface area contributed by atoms with Gasteiger partial charge in [-0.05, 0) is 20.8 Å². The molecule has 0 bridgehead atoms. The Morgan fingerprint density at radius 3 is 1.95 bits per heavy atom. The van der Waals surface area contributed by atoms with Crippen LogP contribution in [0.2, 0.25) is 0 Å². The first-order chi connectivity index (χ1) is 10.2. The fourth-order valence-corrected chi connectivity index (χ4v) is 3.20. The lowest BCUT2D eigenvalue weighted by molar-refractivity contribution is -0.134. The van der Waals surface area contributed by atoms with E-state index < -0.39 is 16.1 Å². The number of nitrogens with zero attached hydrogens (tertiary/aromatic N) is 3. The molecule has 0 spiro atoms. The van der Waals surface area contributed by atoms with E-state index in [4.69, 9.17) is 0 Å². The van der Waals surface area contributed by atoms with Gasteiger partial charge in [-0.15, -0.1) is 0 Å². The number of rotatable bonds is 5. The molecule has 0 aliphatic carbocycles. The highest BCUT2D eigenvalue weighted by atomic mass is 32.2. The molecule has 22 heavy (non-hydrogen) atoms. The van der Waals surface area contributed by atoms with Gasteiger partial charge in [0.05, 0.1) is 12.3 Å². The van der Waals surface area contributed by atoms with Crippen LogP contribution in [0.3, 0.4) is 0 Å². The van der Waals surface area contributed by atoms with Crippen molar-refractivity contribution in [1.29, 1.82) is 0 Å². The van der Waals surface area contributed by atoms with E-state index in [9.17, 15) is 18.0 Å². The third-order valence-electron chi connectivity index (χ3n) is 3.66. The zero-order valence-corrected chi connectivity index (χ0v) is 14.5. The summed E-state index contributed by atoms with van der Waals surface area (Å²) >= 11 is 0. The van der Waals surface area contributed by atoms with Crippen LogP contribution in [0, 0.1) is 0 Å². The molecule has 1 atom stereocenters. The number of hydrogen-bond donors (Lipinski definition) is 1. The van der Waals surface area contributed by atoms with Gasteiger partial charge in [0.1, 0.15) is 0 Å². The molecule has 9 heteroatoms.